The molecule has 1 aliphatic carbocycles. The molecule has 1 aromatic carbocycles. The van der Waals surface area contributed by atoms with Gasteiger partial charge in [-0.3, -0.25) is 14.9 Å². The van der Waals surface area contributed by atoms with Crippen molar-refractivity contribution in [2.75, 3.05) is 6.61 Å². The van der Waals surface area contributed by atoms with Gasteiger partial charge in [-0.1, -0.05) is 25.0 Å². The van der Waals surface area contributed by atoms with Gasteiger partial charge in [0.25, 0.3) is 5.91 Å². The summed E-state index contributed by atoms with van der Waals surface area (Å²) in [6.07, 6.45) is 2.22. The Bertz CT molecular complexity index is 595. The quantitative estimate of drug-likeness (QED) is 0.607. The summed E-state index contributed by atoms with van der Waals surface area (Å²) in [4.78, 5) is 33.5. The number of para-hydroxylation sites is 2. The van der Waals surface area contributed by atoms with Crippen LogP contribution in [-0.4, -0.2) is 34.1 Å². The van der Waals surface area contributed by atoms with Gasteiger partial charge in [-0.25, -0.2) is 4.79 Å². The summed E-state index contributed by atoms with van der Waals surface area (Å²) in [5.41, 5.74) is -1.49. The van der Waals surface area contributed by atoms with Crippen LogP contribution in [-0.2, 0) is 9.59 Å². The topological polar surface area (TPSA) is 119 Å². The lowest BCUT2D eigenvalue weighted by Crippen LogP contribution is -2.53. The van der Waals surface area contributed by atoms with Crippen LogP contribution in [0.15, 0.2) is 24.3 Å². The highest BCUT2D eigenvalue weighted by Gasteiger charge is 2.42. The second-order valence-electron chi connectivity index (χ2n) is 5.16. The molecule has 0 aliphatic heterocycles. The zero-order chi connectivity index (χ0) is 16.2. The third-order valence-corrected chi connectivity index (χ3v) is 3.67. The van der Waals surface area contributed by atoms with Crippen molar-refractivity contribution in [2.45, 2.75) is 31.2 Å². The number of hydrogen-bond donors (Lipinski definition) is 2. The Morgan fingerprint density at radius 3 is 2.55 bits per heavy atom. The molecular weight excluding hydrogens is 292 g/mol. The highest BCUT2D eigenvalue weighted by atomic mass is 16.6. The predicted octanol–water partition coefficient (Wildman–Crippen LogP) is 1.49. The third-order valence-electron chi connectivity index (χ3n) is 3.67. The maximum atomic E-state index is 11.9. The van der Waals surface area contributed by atoms with Crippen LogP contribution in [0, 0.1) is 10.1 Å². The molecule has 0 unspecified atom stereocenters. The van der Waals surface area contributed by atoms with Crippen molar-refractivity contribution in [2.24, 2.45) is 0 Å². The largest absolute Gasteiger partial charge is 0.480 e. The standard InChI is InChI=1S/C14H16N2O6/c17-12(15-14(13(18)19)7-3-4-8-14)9-22-11-6-2-1-5-10(11)16(20)21/h1-2,5-6H,3-4,7-9H2,(H,15,17)(H,18,19). The molecule has 0 bridgehead atoms. The van der Waals surface area contributed by atoms with Gasteiger partial charge in [-0.15, -0.1) is 0 Å². The van der Waals surface area contributed by atoms with Crippen molar-refractivity contribution in [3.8, 4) is 5.75 Å². The number of rotatable bonds is 6. The molecule has 8 nitrogen and oxygen atoms in total. The molecule has 118 valence electrons. The van der Waals surface area contributed by atoms with Crippen LogP contribution in [0.1, 0.15) is 25.7 Å². The van der Waals surface area contributed by atoms with Gasteiger partial charge in [-0.2, -0.15) is 0 Å². The number of nitrogens with zero attached hydrogens (tertiary/aromatic N) is 1. The number of amides is 1. The van der Waals surface area contributed by atoms with E-state index in [1.807, 2.05) is 0 Å². The molecule has 1 fully saturated rings. The molecular formula is C14H16N2O6. The van der Waals surface area contributed by atoms with Crippen LogP contribution in [0.25, 0.3) is 0 Å². The van der Waals surface area contributed by atoms with Gasteiger partial charge >= 0.3 is 11.7 Å². The van der Waals surface area contributed by atoms with E-state index in [1.54, 1.807) is 6.07 Å². The van der Waals surface area contributed by atoms with Gasteiger partial charge in [0.15, 0.2) is 12.4 Å². The average Bonchev–Trinajstić information content (AvgIpc) is 2.95. The van der Waals surface area contributed by atoms with Gasteiger partial charge < -0.3 is 15.2 Å². The molecule has 0 heterocycles. The van der Waals surface area contributed by atoms with Crippen LogP contribution in [0.5, 0.6) is 5.75 Å². The molecule has 1 aliphatic rings. The zero-order valence-corrected chi connectivity index (χ0v) is 11.8. The number of nitrogens with one attached hydrogen (secondary N) is 1. The molecule has 0 spiro atoms. The summed E-state index contributed by atoms with van der Waals surface area (Å²) in [6.45, 7) is -0.472. The van der Waals surface area contributed by atoms with Crippen LogP contribution < -0.4 is 10.1 Å². The maximum Gasteiger partial charge on any atom is 0.329 e. The summed E-state index contributed by atoms with van der Waals surface area (Å²) < 4.78 is 5.15. The lowest BCUT2D eigenvalue weighted by atomic mass is 9.98. The van der Waals surface area contributed by atoms with E-state index in [9.17, 15) is 24.8 Å². The Kier molecular flexibility index (Phi) is 4.59. The molecule has 0 radical (unpaired) electrons. The van der Waals surface area contributed by atoms with Crippen molar-refractivity contribution < 1.29 is 24.4 Å². The molecule has 0 aromatic heterocycles. The van der Waals surface area contributed by atoms with Crippen molar-refractivity contribution in [1.82, 2.24) is 5.32 Å². The number of carbonyl (C=O) groups is 2. The Hall–Kier alpha value is -2.64. The maximum absolute atomic E-state index is 11.9. The number of nitro benzene ring substituents is 1. The van der Waals surface area contributed by atoms with E-state index in [0.29, 0.717) is 12.8 Å². The van der Waals surface area contributed by atoms with Crippen molar-refractivity contribution in [3.63, 3.8) is 0 Å². The lowest BCUT2D eigenvalue weighted by Gasteiger charge is -2.25. The average molecular weight is 308 g/mol. The fraction of sp³-hybridized carbons (Fsp3) is 0.429. The Balaban J connectivity index is 1.99. The first kappa shape index (κ1) is 15.7. The molecule has 1 amide bonds. The van der Waals surface area contributed by atoms with Gasteiger partial charge in [0.2, 0.25) is 0 Å². The monoisotopic (exact) mass is 308 g/mol. The van der Waals surface area contributed by atoms with E-state index in [2.05, 4.69) is 5.32 Å². The number of aliphatic carboxylic acids is 1. The first-order valence-electron chi connectivity index (χ1n) is 6.85. The van der Waals surface area contributed by atoms with E-state index in [1.165, 1.54) is 18.2 Å². The molecule has 2 N–H and O–H groups in total. The fourth-order valence-electron chi connectivity index (χ4n) is 2.55. The fourth-order valence-corrected chi connectivity index (χ4v) is 2.55. The van der Waals surface area contributed by atoms with Crippen molar-refractivity contribution in [3.05, 3.63) is 34.4 Å². The number of carbonyl (C=O) groups excluding carboxylic acids is 1. The molecule has 22 heavy (non-hydrogen) atoms. The lowest BCUT2D eigenvalue weighted by molar-refractivity contribution is -0.385. The Morgan fingerprint density at radius 1 is 1.32 bits per heavy atom. The highest BCUT2D eigenvalue weighted by Crippen LogP contribution is 2.30. The van der Waals surface area contributed by atoms with Crippen LogP contribution >= 0.6 is 0 Å². The minimum Gasteiger partial charge on any atom is -0.480 e. The summed E-state index contributed by atoms with van der Waals surface area (Å²) in [5.74, 6) is -1.70. The summed E-state index contributed by atoms with van der Waals surface area (Å²) >= 11 is 0. The molecule has 8 heteroatoms. The molecule has 1 aromatic rings. The van der Waals surface area contributed by atoms with Crippen LogP contribution in [0.3, 0.4) is 0 Å². The van der Waals surface area contributed by atoms with E-state index in [4.69, 9.17) is 4.74 Å². The number of benzene rings is 1. The van der Waals surface area contributed by atoms with Crippen LogP contribution in [0.4, 0.5) is 5.69 Å². The normalized spacial score (nSPS) is 16.0. The molecule has 1 saturated carbocycles. The van der Waals surface area contributed by atoms with E-state index < -0.39 is 28.9 Å². The van der Waals surface area contributed by atoms with Gasteiger partial charge in [0.05, 0.1) is 4.92 Å². The number of carboxylic acids is 1. The van der Waals surface area contributed by atoms with Crippen LogP contribution in [0.2, 0.25) is 0 Å². The second kappa shape index (κ2) is 6.42. The molecule has 0 atom stereocenters. The summed E-state index contributed by atoms with van der Waals surface area (Å²) in [6, 6.07) is 5.69. The van der Waals surface area contributed by atoms with Crippen molar-refractivity contribution in [1.29, 1.82) is 0 Å². The number of hydrogen-bond acceptors (Lipinski definition) is 5. The molecule has 0 saturated heterocycles. The second-order valence-corrected chi connectivity index (χ2v) is 5.16. The summed E-state index contributed by atoms with van der Waals surface area (Å²) in [7, 11) is 0. The van der Waals surface area contributed by atoms with E-state index in [-0.39, 0.29) is 11.4 Å². The summed E-state index contributed by atoms with van der Waals surface area (Å²) in [5, 5.41) is 22.6. The number of carboxylic acid groups (broad SMARTS) is 1. The smallest absolute Gasteiger partial charge is 0.329 e. The van der Waals surface area contributed by atoms with Crippen molar-refractivity contribution >= 4 is 17.6 Å². The third kappa shape index (κ3) is 3.33. The van der Waals surface area contributed by atoms with E-state index in [0.717, 1.165) is 12.8 Å². The first-order valence-corrected chi connectivity index (χ1v) is 6.85. The SMILES string of the molecule is O=C(COc1ccccc1[N+](=O)[O-])NC1(C(=O)O)CCCC1. The van der Waals surface area contributed by atoms with Gasteiger partial charge in [0.1, 0.15) is 5.54 Å². The zero-order valence-electron chi connectivity index (χ0n) is 11.8. The molecule has 2 rings (SSSR count). The number of nitro groups is 1. The minimum atomic E-state index is -1.25. The Labute approximate surface area is 126 Å². The number of ether oxygens (including phenoxy) is 1. The Morgan fingerprint density at radius 2 is 1.95 bits per heavy atom. The predicted molar refractivity (Wildman–Crippen MR) is 75.6 cm³/mol. The van der Waals surface area contributed by atoms with Gasteiger partial charge in [0, 0.05) is 6.07 Å². The highest BCUT2D eigenvalue weighted by molar-refractivity contribution is 5.88. The minimum absolute atomic E-state index is 0.0292. The van der Waals surface area contributed by atoms with Gasteiger partial charge in [-0.05, 0) is 18.9 Å². The first-order chi connectivity index (χ1) is 10.4. The van der Waals surface area contributed by atoms with E-state index >= 15 is 0 Å².